The molecule has 0 radical (unpaired) electrons. The summed E-state index contributed by atoms with van der Waals surface area (Å²) >= 11 is 0. The van der Waals surface area contributed by atoms with Crippen LogP contribution in [0.3, 0.4) is 0 Å². The van der Waals surface area contributed by atoms with Crippen molar-refractivity contribution in [1.82, 2.24) is 4.90 Å². The summed E-state index contributed by atoms with van der Waals surface area (Å²) in [5.74, 6) is -0.523. The summed E-state index contributed by atoms with van der Waals surface area (Å²) in [6.07, 6.45) is 0. The SMILES string of the molecule is Cc1ccc(C(=O)C(C)N(C)C(=O)c2ccc([N+](=O)[O-])cc2)cc1. The van der Waals surface area contributed by atoms with E-state index in [0.29, 0.717) is 11.1 Å². The molecule has 0 aliphatic rings. The predicted octanol–water partition coefficient (Wildman–Crippen LogP) is 3.25. The molecule has 6 heteroatoms. The molecule has 0 aromatic heterocycles. The van der Waals surface area contributed by atoms with Crippen LogP contribution in [0.4, 0.5) is 5.69 Å². The van der Waals surface area contributed by atoms with Crippen molar-refractivity contribution >= 4 is 17.4 Å². The second-order valence-electron chi connectivity index (χ2n) is 5.63. The number of carbonyl (C=O) groups is 2. The van der Waals surface area contributed by atoms with Crippen molar-refractivity contribution in [2.45, 2.75) is 19.9 Å². The molecule has 0 saturated heterocycles. The minimum atomic E-state index is -0.643. The zero-order valence-corrected chi connectivity index (χ0v) is 13.7. The molecule has 0 fully saturated rings. The summed E-state index contributed by atoms with van der Waals surface area (Å²) in [7, 11) is 1.54. The molecule has 2 aromatic rings. The molecule has 0 N–H and O–H groups in total. The largest absolute Gasteiger partial charge is 0.332 e. The Bertz CT molecular complexity index is 767. The van der Waals surface area contributed by atoms with Gasteiger partial charge in [0.25, 0.3) is 11.6 Å². The lowest BCUT2D eigenvalue weighted by atomic mass is 10.0. The fourth-order valence-corrected chi connectivity index (χ4v) is 2.24. The highest BCUT2D eigenvalue weighted by atomic mass is 16.6. The molecule has 1 amide bonds. The summed E-state index contributed by atoms with van der Waals surface area (Å²) in [6.45, 7) is 3.59. The van der Waals surface area contributed by atoms with Gasteiger partial charge in [-0.2, -0.15) is 0 Å². The number of amides is 1. The lowest BCUT2D eigenvalue weighted by molar-refractivity contribution is -0.384. The van der Waals surface area contributed by atoms with E-state index in [-0.39, 0.29) is 17.4 Å². The van der Waals surface area contributed by atoms with Crippen LogP contribution in [0.25, 0.3) is 0 Å². The fourth-order valence-electron chi connectivity index (χ4n) is 2.24. The van der Waals surface area contributed by atoms with Crippen LogP contribution in [-0.2, 0) is 0 Å². The van der Waals surface area contributed by atoms with E-state index in [4.69, 9.17) is 0 Å². The fraction of sp³-hybridized carbons (Fsp3) is 0.222. The third-order valence-corrected chi connectivity index (χ3v) is 3.94. The Morgan fingerprint density at radius 2 is 1.50 bits per heavy atom. The first-order valence-corrected chi connectivity index (χ1v) is 7.43. The predicted molar refractivity (Wildman–Crippen MR) is 90.2 cm³/mol. The Kier molecular flexibility index (Phi) is 5.08. The van der Waals surface area contributed by atoms with E-state index in [1.54, 1.807) is 26.1 Å². The standard InChI is InChI=1S/C18H18N2O4/c1-12-4-6-14(7-5-12)17(21)13(2)19(3)18(22)15-8-10-16(11-9-15)20(23)24/h4-11,13H,1-3H3. The molecule has 0 aliphatic carbocycles. The first kappa shape index (κ1) is 17.3. The number of likely N-dealkylation sites (N-methyl/N-ethyl adjacent to an activating group) is 1. The zero-order chi connectivity index (χ0) is 17.9. The number of carbonyl (C=O) groups excluding carboxylic acids is 2. The summed E-state index contributed by atoms with van der Waals surface area (Å²) < 4.78 is 0. The number of hydrogen-bond acceptors (Lipinski definition) is 4. The number of Topliss-reactive ketones (excluding diaryl/α,β-unsaturated/α-hetero) is 1. The van der Waals surface area contributed by atoms with Crippen LogP contribution in [-0.4, -0.2) is 34.6 Å². The molecule has 2 aromatic carbocycles. The van der Waals surface area contributed by atoms with Crippen molar-refractivity contribution in [3.63, 3.8) is 0 Å². The van der Waals surface area contributed by atoms with Gasteiger partial charge in [0, 0.05) is 30.3 Å². The van der Waals surface area contributed by atoms with Crippen molar-refractivity contribution in [2.75, 3.05) is 7.05 Å². The summed E-state index contributed by atoms with van der Waals surface area (Å²) in [5, 5.41) is 10.7. The Balaban J connectivity index is 2.15. The Labute approximate surface area is 139 Å². The van der Waals surface area contributed by atoms with Gasteiger partial charge in [-0.05, 0) is 26.0 Å². The number of benzene rings is 2. The van der Waals surface area contributed by atoms with Crippen molar-refractivity contribution < 1.29 is 14.5 Å². The van der Waals surface area contributed by atoms with Crippen LogP contribution in [0.2, 0.25) is 0 Å². The maximum atomic E-state index is 12.5. The van der Waals surface area contributed by atoms with Crippen molar-refractivity contribution in [1.29, 1.82) is 0 Å². The van der Waals surface area contributed by atoms with Gasteiger partial charge in [-0.3, -0.25) is 19.7 Å². The first-order chi connectivity index (χ1) is 11.3. The normalized spacial score (nSPS) is 11.6. The molecule has 124 valence electrons. The first-order valence-electron chi connectivity index (χ1n) is 7.43. The lowest BCUT2D eigenvalue weighted by Crippen LogP contribution is -2.40. The van der Waals surface area contributed by atoms with Crippen LogP contribution in [0, 0.1) is 17.0 Å². The van der Waals surface area contributed by atoms with E-state index >= 15 is 0 Å². The molecule has 2 rings (SSSR count). The van der Waals surface area contributed by atoms with Gasteiger partial charge < -0.3 is 4.90 Å². The average molecular weight is 326 g/mol. The summed E-state index contributed by atoms with van der Waals surface area (Å²) in [4.78, 5) is 36.4. The summed E-state index contributed by atoms with van der Waals surface area (Å²) in [5.41, 5.74) is 1.80. The number of non-ortho nitro benzene ring substituents is 1. The van der Waals surface area contributed by atoms with Gasteiger partial charge in [-0.25, -0.2) is 0 Å². The number of nitro groups is 1. The van der Waals surface area contributed by atoms with Gasteiger partial charge in [-0.15, -0.1) is 0 Å². The number of hydrogen-bond donors (Lipinski definition) is 0. The number of nitrogens with zero attached hydrogens (tertiary/aromatic N) is 2. The van der Waals surface area contributed by atoms with E-state index < -0.39 is 11.0 Å². The van der Waals surface area contributed by atoms with E-state index in [1.165, 1.54) is 29.2 Å². The molecule has 0 spiro atoms. The Hall–Kier alpha value is -3.02. The average Bonchev–Trinajstić information content (AvgIpc) is 2.60. The van der Waals surface area contributed by atoms with Gasteiger partial charge in [-0.1, -0.05) is 29.8 Å². The minimum Gasteiger partial charge on any atom is -0.332 e. The molecular formula is C18H18N2O4. The van der Waals surface area contributed by atoms with Gasteiger partial charge >= 0.3 is 0 Å². The van der Waals surface area contributed by atoms with Crippen molar-refractivity contribution in [3.8, 4) is 0 Å². The quantitative estimate of drug-likeness (QED) is 0.480. The van der Waals surface area contributed by atoms with E-state index in [9.17, 15) is 19.7 Å². The molecule has 0 aliphatic heterocycles. The maximum absolute atomic E-state index is 12.5. The maximum Gasteiger partial charge on any atom is 0.269 e. The van der Waals surface area contributed by atoms with E-state index in [0.717, 1.165) is 5.56 Å². The number of rotatable bonds is 5. The van der Waals surface area contributed by atoms with E-state index in [2.05, 4.69) is 0 Å². The Morgan fingerprint density at radius 1 is 1.00 bits per heavy atom. The van der Waals surface area contributed by atoms with E-state index in [1.807, 2.05) is 19.1 Å². The van der Waals surface area contributed by atoms with Gasteiger partial charge in [0.2, 0.25) is 0 Å². The molecule has 0 heterocycles. The molecule has 0 bridgehead atoms. The molecule has 1 atom stereocenters. The Morgan fingerprint density at radius 3 is 2.00 bits per heavy atom. The summed E-state index contributed by atoms with van der Waals surface area (Å²) in [6, 6.07) is 11.8. The second kappa shape index (κ2) is 7.04. The molecular weight excluding hydrogens is 308 g/mol. The van der Waals surface area contributed by atoms with Gasteiger partial charge in [0.15, 0.2) is 5.78 Å². The van der Waals surface area contributed by atoms with Crippen LogP contribution in [0.1, 0.15) is 33.2 Å². The third kappa shape index (κ3) is 3.65. The highest BCUT2D eigenvalue weighted by Crippen LogP contribution is 2.16. The molecule has 24 heavy (non-hydrogen) atoms. The smallest absolute Gasteiger partial charge is 0.269 e. The number of aryl methyl sites for hydroxylation is 1. The highest BCUT2D eigenvalue weighted by molar-refractivity contribution is 6.04. The van der Waals surface area contributed by atoms with Crippen LogP contribution < -0.4 is 0 Å². The highest BCUT2D eigenvalue weighted by Gasteiger charge is 2.24. The molecule has 1 unspecified atom stereocenters. The molecule has 6 nitrogen and oxygen atoms in total. The topological polar surface area (TPSA) is 80.5 Å². The minimum absolute atomic E-state index is 0.0852. The zero-order valence-electron chi connectivity index (χ0n) is 13.7. The van der Waals surface area contributed by atoms with Gasteiger partial charge in [0.05, 0.1) is 11.0 Å². The van der Waals surface area contributed by atoms with Gasteiger partial charge in [0.1, 0.15) is 0 Å². The van der Waals surface area contributed by atoms with Crippen molar-refractivity contribution in [3.05, 3.63) is 75.3 Å². The monoisotopic (exact) mass is 326 g/mol. The van der Waals surface area contributed by atoms with Crippen LogP contribution in [0.15, 0.2) is 48.5 Å². The van der Waals surface area contributed by atoms with Crippen molar-refractivity contribution in [2.24, 2.45) is 0 Å². The third-order valence-electron chi connectivity index (χ3n) is 3.94. The lowest BCUT2D eigenvalue weighted by Gasteiger charge is -2.24. The second-order valence-corrected chi connectivity index (χ2v) is 5.63. The van der Waals surface area contributed by atoms with Crippen LogP contribution in [0.5, 0.6) is 0 Å². The van der Waals surface area contributed by atoms with Crippen LogP contribution >= 0.6 is 0 Å². The number of ketones is 1. The molecule has 0 saturated carbocycles. The number of nitro benzene ring substituents is 1.